The largest absolute Gasteiger partial charge is 0.454 e. The second-order valence-corrected chi connectivity index (χ2v) is 24.2. The number of esters is 2. The summed E-state index contributed by atoms with van der Waals surface area (Å²) in [7, 11) is -11.1. The van der Waals surface area contributed by atoms with Crippen LogP contribution in [0.3, 0.4) is 0 Å². The monoisotopic (exact) mass is 749 g/mol. The summed E-state index contributed by atoms with van der Waals surface area (Å²) < 4.78 is 71.4. The number of fused-ring (bicyclic) bond motifs is 1. The van der Waals surface area contributed by atoms with Crippen LogP contribution in [0.1, 0.15) is 66.5 Å². The highest BCUT2D eigenvalue weighted by atomic mass is 32.3. The molecule has 0 spiro atoms. The molecule has 1 unspecified atom stereocenters. The van der Waals surface area contributed by atoms with Gasteiger partial charge in [-0.05, 0) is 31.4 Å². The zero-order chi connectivity index (χ0) is 36.4. The summed E-state index contributed by atoms with van der Waals surface area (Å²) in [6.07, 6.45) is -2.23. The number of amides is 1. The summed E-state index contributed by atoms with van der Waals surface area (Å²) >= 11 is 0.725. The third-order valence-electron chi connectivity index (χ3n) is 8.84. The molecular weight excluding hydrogens is 707 g/mol. The Bertz CT molecular complexity index is 1850. The van der Waals surface area contributed by atoms with E-state index < -0.39 is 75.0 Å². The topological polar surface area (TPSA) is 150 Å². The van der Waals surface area contributed by atoms with Crippen LogP contribution >= 0.6 is 11.3 Å². The number of thiophene rings is 1. The van der Waals surface area contributed by atoms with Crippen molar-refractivity contribution in [3.63, 3.8) is 0 Å². The minimum absolute atomic E-state index is 0.00379. The summed E-state index contributed by atoms with van der Waals surface area (Å²) in [6, 6.07) is 19.9. The van der Waals surface area contributed by atoms with Gasteiger partial charge in [-0.3, -0.25) is 4.79 Å². The maximum atomic E-state index is 14.6. The lowest BCUT2D eigenvalue weighted by Gasteiger charge is -2.43. The van der Waals surface area contributed by atoms with Crippen LogP contribution in [0.2, 0.25) is 5.04 Å². The Morgan fingerprint density at radius 1 is 1.00 bits per heavy atom. The first-order chi connectivity index (χ1) is 22.8. The summed E-state index contributed by atoms with van der Waals surface area (Å²) in [4.78, 5) is 37.7. The molecule has 0 saturated heterocycles. The number of carbonyl (C=O) groups excluding carboxylic acids is 3. The normalized spacial score (nSPS) is 18.1. The van der Waals surface area contributed by atoms with Crippen LogP contribution in [0, 0.1) is 0 Å². The van der Waals surface area contributed by atoms with Crippen molar-refractivity contribution < 1.29 is 45.4 Å². The van der Waals surface area contributed by atoms with Gasteiger partial charge >= 0.3 is 18.0 Å². The van der Waals surface area contributed by atoms with Crippen molar-refractivity contribution in [2.24, 2.45) is 0 Å². The minimum atomic E-state index is -4.09. The fourth-order valence-corrected chi connectivity index (χ4v) is 20.8. The lowest BCUT2D eigenvalue weighted by Crippen LogP contribution is -2.68. The quantitative estimate of drug-likeness (QED) is 0.154. The van der Waals surface area contributed by atoms with Gasteiger partial charge in [-0.25, -0.2) is 26.4 Å². The van der Waals surface area contributed by atoms with Crippen LogP contribution < -0.4 is 10.4 Å². The predicted octanol–water partition coefficient (Wildman–Crippen LogP) is 4.64. The van der Waals surface area contributed by atoms with Gasteiger partial charge in [0.15, 0.2) is 26.3 Å². The number of hydrogen-bond acceptors (Lipinski definition) is 11. The fourth-order valence-electron chi connectivity index (χ4n) is 6.33. The van der Waals surface area contributed by atoms with Gasteiger partial charge in [-0.15, -0.1) is 11.3 Å². The zero-order valence-electron chi connectivity index (χ0n) is 28.7. The van der Waals surface area contributed by atoms with Crippen molar-refractivity contribution in [1.82, 2.24) is 4.90 Å². The van der Waals surface area contributed by atoms with E-state index in [1.54, 1.807) is 6.92 Å². The number of carbonyl (C=O) groups is 3. The Balaban J connectivity index is 1.75. The van der Waals surface area contributed by atoms with Gasteiger partial charge < -0.3 is 19.1 Å². The van der Waals surface area contributed by atoms with Crippen molar-refractivity contribution in [3.05, 3.63) is 72.3 Å². The maximum absolute atomic E-state index is 14.6. The van der Waals surface area contributed by atoms with Crippen molar-refractivity contribution >= 4 is 67.5 Å². The first kappa shape index (κ1) is 38.3. The van der Waals surface area contributed by atoms with E-state index in [1.165, 1.54) is 24.8 Å². The Morgan fingerprint density at radius 2 is 1.55 bits per heavy atom. The third-order valence-corrected chi connectivity index (χ3v) is 22.7. The highest BCUT2D eigenvalue weighted by molar-refractivity contribution is 7.97. The van der Waals surface area contributed by atoms with Crippen LogP contribution in [0.25, 0.3) is 0 Å². The molecule has 0 saturated carbocycles. The van der Waals surface area contributed by atoms with Gasteiger partial charge in [-0.2, -0.15) is 0 Å². The molecule has 2 heterocycles. The van der Waals surface area contributed by atoms with E-state index in [4.69, 9.17) is 9.47 Å². The molecule has 0 fully saturated rings. The maximum Gasteiger partial charge on any atom is 0.413 e. The fraction of sp³-hybridized carbons (Fsp3) is 0.441. The van der Waals surface area contributed by atoms with Crippen LogP contribution in [0.4, 0.5) is 4.79 Å². The first-order valence-corrected chi connectivity index (χ1v) is 22.1. The Hall–Kier alpha value is -3.53. The van der Waals surface area contributed by atoms with Gasteiger partial charge in [0.05, 0.1) is 16.7 Å². The van der Waals surface area contributed by atoms with Crippen LogP contribution in [0.5, 0.6) is 0 Å². The lowest BCUT2D eigenvalue weighted by molar-refractivity contribution is -0.174. The van der Waals surface area contributed by atoms with E-state index in [0.717, 1.165) is 28.6 Å². The van der Waals surface area contributed by atoms with Crippen molar-refractivity contribution in [2.75, 3.05) is 18.5 Å². The first-order valence-electron chi connectivity index (χ1n) is 15.9. The SMILES string of the molecule is CCN(C(=O)OC(C)OC(=O)COC(C)=O)[C@H]1C[C@H](C)S(=O)(=O)c2sc(S(=O)(=O)C[Si](c3ccccc3)(c3ccccc3)C(C)(C)C)cc21. The van der Waals surface area contributed by atoms with Gasteiger partial charge in [0.25, 0.3) is 0 Å². The summed E-state index contributed by atoms with van der Waals surface area (Å²) in [6.45, 7) is 11.2. The van der Waals surface area contributed by atoms with E-state index in [1.807, 2.05) is 60.7 Å². The molecule has 3 atom stereocenters. The molecule has 1 aliphatic heterocycles. The van der Waals surface area contributed by atoms with E-state index >= 15 is 0 Å². The molecule has 1 amide bonds. The highest BCUT2D eigenvalue weighted by Gasteiger charge is 2.52. The molecule has 11 nitrogen and oxygen atoms in total. The molecule has 4 rings (SSSR count). The molecule has 0 bridgehead atoms. The van der Waals surface area contributed by atoms with Crippen LogP contribution in [0.15, 0.2) is 75.1 Å². The molecule has 1 aliphatic rings. The van der Waals surface area contributed by atoms with E-state index in [0.29, 0.717) is 0 Å². The Labute approximate surface area is 293 Å². The van der Waals surface area contributed by atoms with Gasteiger partial charge in [0, 0.05) is 26.0 Å². The molecule has 0 radical (unpaired) electrons. The average molecular weight is 750 g/mol. The third kappa shape index (κ3) is 7.94. The molecule has 266 valence electrons. The summed E-state index contributed by atoms with van der Waals surface area (Å²) in [5, 5.41) is 0.300. The van der Waals surface area contributed by atoms with Crippen molar-refractivity contribution in [3.8, 4) is 0 Å². The zero-order valence-corrected chi connectivity index (χ0v) is 32.1. The predicted molar refractivity (Wildman–Crippen MR) is 189 cm³/mol. The number of ether oxygens (including phenoxy) is 3. The van der Waals surface area contributed by atoms with Crippen LogP contribution in [-0.4, -0.2) is 77.9 Å². The Morgan fingerprint density at radius 3 is 2.04 bits per heavy atom. The van der Waals surface area contributed by atoms with Gasteiger partial charge in [0.2, 0.25) is 6.29 Å². The number of hydrogen-bond donors (Lipinski definition) is 0. The van der Waals surface area contributed by atoms with Crippen molar-refractivity contribution in [2.45, 2.75) is 85.9 Å². The molecule has 0 aliphatic carbocycles. The molecule has 3 aromatic rings. The Kier molecular flexibility index (Phi) is 11.5. The standard InChI is InChI=1S/C34H43NO10S3Si/c1-8-35(33(38)45-25(4)44-30(37)21-43-24(3)36)29-19-23(2)48(41,42)32-28(29)20-31(46-32)47(39,40)22-49(34(5,6)7,26-15-11-9-12-16-26)27-17-13-10-14-18-27/h9-18,20,23,25,29H,8,19,21-22H2,1-7H3/t23-,25?,29-/m0/s1. The number of benzene rings is 2. The summed E-state index contributed by atoms with van der Waals surface area (Å²) in [5.41, 5.74) is 0.211. The van der Waals surface area contributed by atoms with E-state index in [-0.39, 0.29) is 32.3 Å². The van der Waals surface area contributed by atoms with Gasteiger partial charge in [0.1, 0.15) is 16.5 Å². The van der Waals surface area contributed by atoms with Crippen molar-refractivity contribution in [1.29, 1.82) is 0 Å². The second-order valence-electron chi connectivity index (χ2n) is 13.1. The number of sulfone groups is 2. The molecule has 1 aromatic heterocycles. The molecule has 2 aromatic carbocycles. The lowest BCUT2D eigenvalue weighted by atomic mass is 10.0. The smallest absolute Gasteiger partial charge is 0.413 e. The molecule has 49 heavy (non-hydrogen) atoms. The number of nitrogens with zero attached hydrogens (tertiary/aromatic N) is 1. The number of rotatable bonds is 11. The minimum Gasteiger partial charge on any atom is -0.454 e. The second kappa shape index (κ2) is 14.8. The molecule has 0 N–H and O–H groups in total. The molecular formula is C34H43NO10S3Si. The van der Waals surface area contributed by atoms with Crippen LogP contribution in [-0.2, 0) is 43.5 Å². The average Bonchev–Trinajstić information content (AvgIpc) is 3.50. The van der Waals surface area contributed by atoms with E-state index in [9.17, 15) is 31.2 Å². The van der Waals surface area contributed by atoms with Gasteiger partial charge in [-0.1, -0.05) is 91.8 Å². The van der Waals surface area contributed by atoms with E-state index in [2.05, 4.69) is 25.5 Å². The summed E-state index contributed by atoms with van der Waals surface area (Å²) in [5.74, 6) is -1.61. The highest BCUT2D eigenvalue weighted by Crippen LogP contribution is 2.46. The molecule has 15 heteroatoms.